The molecule has 25 heavy (non-hydrogen) atoms. The number of nitrogens with zero attached hydrogens (tertiary/aromatic N) is 4. The summed E-state index contributed by atoms with van der Waals surface area (Å²) in [4.78, 5) is 20.8. The van der Waals surface area contributed by atoms with Gasteiger partial charge in [-0.1, -0.05) is 16.8 Å². The highest BCUT2D eigenvalue weighted by molar-refractivity contribution is 6.31. The van der Waals surface area contributed by atoms with Crippen LogP contribution in [0.3, 0.4) is 0 Å². The minimum Gasteiger partial charge on any atom is -0.366 e. The third kappa shape index (κ3) is 2.20. The molecule has 1 saturated carbocycles. The van der Waals surface area contributed by atoms with Crippen LogP contribution < -0.4 is 5.73 Å². The van der Waals surface area contributed by atoms with Gasteiger partial charge in [0, 0.05) is 16.3 Å². The molecule has 7 nitrogen and oxygen atoms in total. The second-order valence-corrected chi connectivity index (χ2v) is 6.60. The normalized spacial score (nSPS) is 14.4. The smallest absolute Gasteiger partial charge is 0.249 e. The van der Waals surface area contributed by atoms with Crippen LogP contribution in [0, 0.1) is 0 Å². The Labute approximate surface area is 146 Å². The number of halogens is 1. The summed E-state index contributed by atoms with van der Waals surface area (Å²) in [6.45, 7) is 0. The lowest BCUT2D eigenvalue weighted by molar-refractivity contribution is 0.100. The maximum Gasteiger partial charge on any atom is 0.249 e. The lowest BCUT2D eigenvalue weighted by Gasteiger charge is -2.07. The van der Waals surface area contributed by atoms with E-state index in [1.54, 1.807) is 24.5 Å². The van der Waals surface area contributed by atoms with Crippen LogP contribution >= 0.6 is 11.6 Å². The van der Waals surface area contributed by atoms with Crippen LogP contribution in [0.1, 0.15) is 35.0 Å². The van der Waals surface area contributed by atoms with Crippen LogP contribution in [-0.4, -0.2) is 25.4 Å². The van der Waals surface area contributed by atoms with E-state index in [4.69, 9.17) is 21.9 Å². The molecule has 1 aliphatic rings. The first-order valence-corrected chi connectivity index (χ1v) is 8.23. The van der Waals surface area contributed by atoms with Gasteiger partial charge in [0.15, 0.2) is 0 Å². The molecule has 8 heteroatoms. The van der Waals surface area contributed by atoms with Crippen molar-refractivity contribution < 1.29 is 9.32 Å². The molecular formula is C17H12ClN5O2. The van der Waals surface area contributed by atoms with Gasteiger partial charge in [-0.15, -0.1) is 0 Å². The number of aromatic nitrogens is 4. The summed E-state index contributed by atoms with van der Waals surface area (Å²) < 4.78 is 7.18. The average Bonchev–Trinajstić information content (AvgIpc) is 3.17. The van der Waals surface area contributed by atoms with Gasteiger partial charge in [-0.05, 0) is 37.1 Å². The van der Waals surface area contributed by atoms with Gasteiger partial charge in [0.2, 0.25) is 17.6 Å². The van der Waals surface area contributed by atoms with Crippen molar-refractivity contribution in [2.24, 2.45) is 5.73 Å². The fraction of sp³-hybridized carbons (Fsp3) is 0.176. The summed E-state index contributed by atoms with van der Waals surface area (Å²) in [6, 6.07) is 6.99. The van der Waals surface area contributed by atoms with Gasteiger partial charge in [0.25, 0.3) is 0 Å². The standard InChI is InChI=1S/C17H12ClN5O2/c18-9-3-4-12-10(5-9)11(15(19)24)6-13-14(20-7-23(12)13)16-21-17(25-22-16)8-1-2-8/h3-8H,1-2H2,(H2,19,24). The van der Waals surface area contributed by atoms with Gasteiger partial charge in [-0.3, -0.25) is 9.20 Å². The van der Waals surface area contributed by atoms with Crippen molar-refractivity contribution in [1.82, 2.24) is 19.5 Å². The summed E-state index contributed by atoms with van der Waals surface area (Å²) in [5, 5.41) is 5.24. The number of amides is 1. The van der Waals surface area contributed by atoms with Crippen LogP contribution in [0.5, 0.6) is 0 Å². The molecular weight excluding hydrogens is 342 g/mol. The topological polar surface area (TPSA) is 99.3 Å². The maximum atomic E-state index is 11.9. The highest BCUT2D eigenvalue weighted by Gasteiger charge is 2.30. The van der Waals surface area contributed by atoms with E-state index >= 15 is 0 Å². The zero-order chi connectivity index (χ0) is 17.1. The Morgan fingerprint density at radius 2 is 2.12 bits per heavy atom. The van der Waals surface area contributed by atoms with Gasteiger partial charge in [0.1, 0.15) is 12.0 Å². The molecule has 0 bridgehead atoms. The number of carbonyl (C=O) groups is 1. The quantitative estimate of drug-likeness (QED) is 0.609. The fourth-order valence-electron chi connectivity index (χ4n) is 3.04. The van der Waals surface area contributed by atoms with Crippen molar-refractivity contribution in [2.75, 3.05) is 0 Å². The number of primary amides is 1. The van der Waals surface area contributed by atoms with Crippen molar-refractivity contribution in [2.45, 2.75) is 18.8 Å². The molecule has 0 unspecified atom stereocenters. The van der Waals surface area contributed by atoms with E-state index in [1.165, 1.54) is 0 Å². The van der Waals surface area contributed by atoms with Gasteiger partial charge in [0.05, 0.1) is 16.6 Å². The predicted octanol–water partition coefficient (Wildman–Crippen LogP) is 3.17. The third-order valence-electron chi connectivity index (χ3n) is 4.44. The molecule has 1 aliphatic carbocycles. The van der Waals surface area contributed by atoms with Gasteiger partial charge < -0.3 is 10.3 Å². The first-order chi connectivity index (χ1) is 12.1. The molecule has 0 aliphatic heterocycles. The Morgan fingerprint density at radius 1 is 1.28 bits per heavy atom. The SMILES string of the molecule is NC(=O)c1cc2c(-c3noc(C4CC4)n3)ncn2c2ccc(Cl)cc12. The molecule has 0 spiro atoms. The van der Waals surface area contributed by atoms with E-state index in [0.29, 0.717) is 44.8 Å². The Bertz CT molecular complexity index is 1160. The number of benzene rings is 1. The first-order valence-electron chi connectivity index (χ1n) is 7.85. The van der Waals surface area contributed by atoms with E-state index in [0.717, 1.165) is 18.4 Å². The molecule has 1 aromatic carbocycles. The van der Waals surface area contributed by atoms with E-state index in [2.05, 4.69) is 15.1 Å². The molecule has 3 heterocycles. The van der Waals surface area contributed by atoms with E-state index in [1.807, 2.05) is 10.5 Å². The highest BCUT2D eigenvalue weighted by Crippen LogP contribution is 2.39. The molecule has 1 amide bonds. The molecule has 2 N–H and O–H groups in total. The summed E-state index contributed by atoms with van der Waals surface area (Å²) in [6.07, 6.45) is 3.81. The molecule has 1 fully saturated rings. The number of carbonyl (C=O) groups excluding carboxylic acids is 1. The summed E-state index contributed by atoms with van der Waals surface area (Å²) >= 11 is 6.08. The van der Waals surface area contributed by atoms with E-state index < -0.39 is 5.91 Å². The summed E-state index contributed by atoms with van der Waals surface area (Å²) in [7, 11) is 0. The van der Waals surface area contributed by atoms with Crippen molar-refractivity contribution >= 4 is 33.9 Å². The Balaban J connectivity index is 1.79. The number of pyridine rings is 1. The van der Waals surface area contributed by atoms with Gasteiger partial charge >= 0.3 is 0 Å². The Morgan fingerprint density at radius 3 is 2.88 bits per heavy atom. The molecule has 3 aromatic heterocycles. The zero-order valence-corrected chi connectivity index (χ0v) is 13.7. The number of hydrogen-bond donors (Lipinski definition) is 1. The van der Waals surface area contributed by atoms with Crippen molar-refractivity contribution in [3.63, 3.8) is 0 Å². The summed E-state index contributed by atoms with van der Waals surface area (Å²) in [5.74, 6) is 0.875. The highest BCUT2D eigenvalue weighted by atomic mass is 35.5. The maximum absolute atomic E-state index is 11.9. The predicted molar refractivity (Wildman–Crippen MR) is 91.5 cm³/mol. The molecule has 4 aromatic rings. The minimum atomic E-state index is -0.534. The van der Waals surface area contributed by atoms with Gasteiger partial charge in [-0.25, -0.2) is 4.98 Å². The number of nitrogens with two attached hydrogens (primary N) is 1. The number of rotatable bonds is 3. The van der Waals surface area contributed by atoms with Crippen LogP contribution in [0.2, 0.25) is 5.02 Å². The van der Waals surface area contributed by atoms with Crippen LogP contribution in [0.15, 0.2) is 35.1 Å². The third-order valence-corrected chi connectivity index (χ3v) is 4.67. The first kappa shape index (κ1) is 14.4. The fourth-order valence-corrected chi connectivity index (χ4v) is 3.21. The monoisotopic (exact) mass is 353 g/mol. The second kappa shape index (κ2) is 5.03. The van der Waals surface area contributed by atoms with Crippen LogP contribution in [0.25, 0.3) is 27.9 Å². The van der Waals surface area contributed by atoms with Gasteiger partial charge in [-0.2, -0.15) is 4.98 Å². The van der Waals surface area contributed by atoms with Crippen molar-refractivity contribution in [3.05, 3.63) is 47.1 Å². The Kier molecular flexibility index (Phi) is 2.90. The lowest BCUT2D eigenvalue weighted by Crippen LogP contribution is -2.12. The summed E-state index contributed by atoms with van der Waals surface area (Å²) in [5.41, 5.74) is 7.96. The van der Waals surface area contributed by atoms with Crippen LogP contribution in [-0.2, 0) is 0 Å². The number of hydrogen-bond acceptors (Lipinski definition) is 5. The van der Waals surface area contributed by atoms with Crippen molar-refractivity contribution in [1.29, 1.82) is 0 Å². The molecule has 0 saturated heterocycles. The zero-order valence-electron chi connectivity index (χ0n) is 12.9. The van der Waals surface area contributed by atoms with Crippen molar-refractivity contribution in [3.8, 4) is 11.5 Å². The molecule has 0 atom stereocenters. The second-order valence-electron chi connectivity index (χ2n) is 6.16. The number of imidazole rings is 1. The number of fused-ring (bicyclic) bond motifs is 3. The Hall–Kier alpha value is -2.93. The molecule has 5 rings (SSSR count). The molecule has 0 radical (unpaired) electrons. The minimum absolute atomic E-state index is 0.360. The molecule has 124 valence electrons. The van der Waals surface area contributed by atoms with Crippen LogP contribution in [0.4, 0.5) is 0 Å². The van der Waals surface area contributed by atoms with E-state index in [-0.39, 0.29) is 0 Å². The lowest BCUT2D eigenvalue weighted by atomic mass is 10.1. The average molecular weight is 354 g/mol. The largest absolute Gasteiger partial charge is 0.366 e. The van der Waals surface area contributed by atoms with E-state index in [9.17, 15) is 4.79 Å².